The highest BCUT2D eigenvalue weighted by Crippen LogP contribution is 2.16. The van der Waals surface area contributed by atoms with Crippen LogP contribution in [0.4, 0.5) is 21.0 Å². The zero-order valence-corrected chi connectivity index (χ0v) is 15.0. The minimum absolute atomic E-state index is 0.0540. The van der Waals surface area contributed by atoms with E-state index in [2.05, 4.69) is 16.0 Å². The number of anilines is 2. The molecule has 1 fully saturated rings. The highest BCUT2D eigenvalue weighted by molar-refractivity contribution is 6.30. The van der Waals surface area contributed by atoms with Gasteiger partial charge in [-0.2, -0.15) is 0 Å². The minimum Gasteiger partial charge on any atom is -0.335 e. The Balaban J connectivity index is 1.42. The maximum atomic E-state index is 12.3. The van der Waals surface area contributed by atoms with Crippen LogP contribution in [0.1, 0.15) is 12.8 Å². The molecular weight excluding hydrogens is 352 g/mol. The van der Waals surface area contributed by atoms with E-state index in [0.717, 1.165) is 18.5 Å². The number of carbonyl (C=O) groups is 2. The van der Waals surface area contributed by atoms with Gasteiger partial charge in [0.15, 0.2) is 0 Å². The van der Waals surface area contributed by atoms with Crippen molar-refractivity contribution in [2.24, 2.45) is 0 Å². The fourth-order valence-electron chi connectivity index (χ4n) is 2.84. The molecule has 2 aromatic rings. The summed E-state index contributed by atoms with van der Waals surface area (Å²) in [5, 5.41) is 9.25. The molecule has 7 heteroatoms. The molecule has 6 nitrogen and oxygen atoms in total. The summed E-state index contributed by atoms with van der Waals surface area (Å²) in [6, 6.07) is 16.0. The molecule has 1 saturated heterocycles. The molecule has 4 amide bonds. The number of hydrogen-bond donors (Lipinski definition) is 3. The van der Waals surface area contributed by atoms with Crippen molar-refractivity contribution in [3.8, 4) is 0 Å². The molecule has 0 spiro atoms. The van der Waals surface area contributed by atoms with Gasteiger partial charge in [-0.25, -0.2) is 9.59 Å². The quantitative estimate of drug-likeness (QED) is 0.756. The zero-order valence-electron chi connectivity index (χ0n) is 14.2. The molecule has 0 saturated carbocycles. The van der Waals surface area contributed by atoms with Gasteiger partial charge in [0.2, 0.25) is 0 Å². The second-order valence-electron chi connectivity index (χ2n) is 6.16. The van der Waals surface area contributed by atoms with Gasteiger partial charge in [-0.15, -0.1) is 0 Å². The van der Waals surface area contributed by atoms with E-state index in [4.69, 9.17) is 11.6 Å². The van der Waals surface area contributed by atoms with E-state index in [9.17, 15) is 9.59 Å². The molecule has 0 aliphatic carbocycles. The first kappa shape index (κ1) is 18.1. The van der Waals surface area contributed by atoms with E-state index >= 15 is 0 Å². The lowest BCUT2D eigenvalue weighted by Crippen LogP contribution is -2.48. The summed E-state index contributed by atoms with van der Waals surface area (Å²) in [4.78, 5) is 26.1. The van der Waals surface area contributed by atoms with Gasteiger partial charge < -0.3 is 20.9 Å². The number of piperidine rings is 1. The van der Waals surface area contributed by atoms with Crippen molar-refractivity contribution in [2.45, 2.75) is 18.9 Å². The molecule has 3 rings (SSSR count). The van der Waals surface area contributed by atoms with Crippen LogP contribution >= 0.6 is 11.6 Å². The topological polar surface area (TPSA) is 73.5 Å². The number of halogens is 1. The Labute approximate surface area is 157 Å². The maximum absolute atomic E-state index is 12.3. The lowest BCUT2D eigenvalue weighted by molar-refractivity contribution is 0.189. The largest absolute Gasteiger partial charge is 0.335 e. The smallest absolute Gasteiger partial charge is 0.321 e. The van der Waals surface area contributed by atoms with Gasteiger partial charge in [-0.05, 0) is 49.2 Å². The summed E-state index contributed by atoms with van der Waals surface area (Å²) in [7, 11) is 0. The number of benzene rings is 2. The van der Waals surface area contributed by atoms with Gasteiger partial charge in [0.1, 0.15) is 0 Å². The van der Waals surface area contributed by atoms with Crippen molar-refractivity contribution in [3.05, 3.63) is 59.6 Å². The predicted octanol–water partition coefficient (Wildman–Crippen LogP) is 4.16. The molecule has 3 N–H and O–H groups in total. The molecule has 26 heavy (non-hydrogen) atoms. The monoisotopic (exact) mass is 372 g/mol. The fraction of sp³-hybridized carbons (Fsp3) is 0.263. The van der Waals surface area contributed by atoms with Crippen LogP contribution in [0.25, 0.3) is 0 Å². The van der Waals surface area contributed by atoms with Crippen LogP contribution in [-0.4, -0.2) is 36.1 Å². The zero-order chi connectivity index (χ0) is 18.4. The van der Waals surface area contributed by atoms with Gasteiger partial charge in [0.25, 0.3) is 0 Å². The average Bonchev–Trinajstić information content (AvgIpc) is 2.65. The maximum Gasteiger partial charge on any atom is 0.321 e. The van der Waals surface area contributed by atoms with Gasteiger partial charge in [0, 0.05) is 35.5 Å². The van der Waals surface area contributed by atoms with Gasteiger partial charge in [-0.3, -0.25) is 0 Å². The minimum atomic E-state index is -0.222. The highest BCUT2D eigenvalue weighted by Gasteiger charge is 2.23. The Morgan fingerprint density at radius 3 is 2.15 bits per heavy atom. The van der Waals surface area contributed by atoms with Crippen molar-refractivity contribution >= 4 is 35.0 Å². The Morgan fingerprint density at radius 2 is 1.50 bits per heavy atom. The van der Waals surface area contributed by atoms with Crippen molar-refractivity contribution < 1.29 is 9.59 Å². The van der Waals surface area contributed by atoms with Crippen molar-refractivity contribution in [3.63, 3.8) is 0 Å². The van der Waals surface area contributed by atoms with Crippen LogP contribution in [0.5, 0.6) is 0 Å². The number of rotatable bonds is 3. The van der Waals surface area contributed by atoms with E-state index in [1.165, 1.54) is 0 Å². The first-order valence-electron chi connectivity index (χ1n) is 8.54. The Morgan fingerprint density at radius 1 is 0.885 bits per heavy atom. The normalized spacial score (nSPS) is 14.6. The number of nitrogens with one attached hydrogen (secondary N) is 3. The molecule has 0 bridgehead atoms. The van der Waals surface area contributed by atoms with E-state index in [-0.39, 0.29) is 18.1 Å². The van der Waals surface area contributed by atoms with E-state index in [1.54, 1.807) is 29.2 Å². The fourth-order valence-corrected chi connectivity index (χ4v) is 2.96. The average molecular weight is 373 g/mol. The Hall–Kier alpha value is -2.73. The number of hydrogen-bond acceptors (Lipinski definition) is 2. The lowest BCUT2D eigenvalue weighted by atomic mass is 10.1. The molecular formula is C19H21ClN4O2. The van der Waals surface area contributed by atoms with E-state index in [0.29, 0.717) is 23.8 Å². The van der Waals surface area contributed by atoms with Crippen LogP contribution in [0.3, 0.4) is 0 Å². The van der Waals surface area contributed by atoms with Gasteiger partial charge in [0.05, 0.1) is 0 Å². The second kappa shape index (κ2) is 8.58. The summed E-state index contributed by atoms with van der Waals surface area (Å²) in [5.74, 6) is 0. The molecule has 0 atom stereocenters. The SMILES string of the molecule is O=C(Nc1ccccc1)NC1CCN(C(=O)Nc2ccc(Cl)cc2)CC1. The Bertz CT molecular complexity index is 744. The third-order valence-corrected chi connectivity index (χ3v) is 4.50. The number of carbonyl (C=O) groups excluding carboxylic acids is 2. The first-order valence-corrected chi connectivity index (χ1v) is 8.92. The summed E-state index contributed by atoms with van der Waals surface area (Å²) in [5.41, 5.74) is 1.46. The van der Waals surface area contributed by atoms with Crippen molar-refractivity contribution in [1.29, 1.82) is 0 Å². The third kappa shape index (κ3) is 5.13. The van der Waals surface area contributed by atoms with Gasteiger partial charge >= 0.3 is 12.1 Å². The van der Waals surface area contributed by atoms with Gasteiger partial charge in [-0.1, -0.05) is 29.8 Å². The number of amides is 4. The standard InChI is InChI=1S/C19H21ClN4O2/c20-14-6-8-16(9-7-14)23-19(26)24-12-10-17(11-13-24)22-18(25)21-15-4-2-1-3-5-15/h1-9,17H,10-13H2,(H,23,26)(H2,21,22,25). The Kier molecular flexibility index (Phi) is 5.96. The van der Waals surface area contributed by atoms with Crippen LogP contribution in [0.15, 0.2) is 54.6 Å². The van der Waals surface area contributed by atoms with Crippen LogP contribution < -0.4 is 16.0 Å². The number of likely N-dealkylation sites (tertiary alicyclic amines) is 1. The van der Waals surface area contributed by atoms with Crippen LogP contribution in [0.2, 0.25) is 5.02 Å². The molecule has 136 valence electrons. The second-order valence-corrected chi connectivity index (χ2v) is 6.60. The number of nitrogens with zero attached hydrogens (tertiary/aromatic N) is 1. The van der Waals surface area contributed by atoms with Crippen LogP contribution in [0, 0.1) is 0 Å². The summed E-state index contributed by atoms with van der Waals surface area (Å²) in [6.07, 6.45) is 1.44. The molecule has 1 aliphatic heterocycles. The summed E-state index contributed by atoms with van der Waals surface area (Å²) >= 11 is 5.84. The summed E-state index contributed by atoms with van der Waals surface area (Å²) < 4.78 is 0. The molecule has 1 aliphatic rings. The third-order valence-electron chi connectivity index (χ3n) is 4.24. The first-order chi connectivity index (χ1) is 12.6. The molecule has 2 aromatic carbocycles. The van der Waals surface area contributed by atoms with E-state index in [1.807, 2.05) is 30.3 Å². The summed E-state index contributed by atoms with van der Waals surface area (Å²) in [6.45, 7) is 1.19. The number of para-hydroxylation sites is 1. The lowest BCUT2D eigenvalue weighted by Gasteiger charge is -2.32. The predicted molar refractivity (Wildman–Crippen MR) is 104 cm³/mol. The molecule has 0 unspecified atom stereocenters. The van der Waals surface area contributed by atoms with Crippen molar-refractivity contribution in [1.82, 2.24) is 10.2 Å². The molecule has 0 radical (unpaired) electrons. The molecule has 1 heterocycles. The molecule has 0 aromatic heterocycles. The number of urea groups is 2. The van der Waals surface area contributed by atoms with Crippen LogP contribution in [-0.2, 0) is 0 Å². The van der Waals surface area contributed by atoms with Crippen molar-refractivity contribution in [2.75, 3.05) is 23.7 Å². The highest BCUT2D eigenvalue weighted by atomic mass is 35.5. The van der Waals surface area contributed by atoms with E-state index < -0.39 is 0 Å².